The van der Waals surface area contributed by atoms with Crippen molar-refractivity contribution in [3.8, 4) is 0 Å². The SMILES string of the molecule is CCCCCCCC/C=C\CCCCCCCC(=O)O[C@]12C3C(OC(=O)c4ccccc4)C(O)(CC3[C@@]34C5[C@@H]1C(OC)C3[C@](COC)(CN5CC)[C@H](O)C[C@@H]4OC)[C@@H](OC)[C@@H]2O. The van der Waals surface area contributed by atoms with Gasteiger partial charge in [0.05, 0.1) is 30.5 Å². The number of ether oxygens (including phenoxy) is 6. The average molecular weight is 868 g/mol. The van der Waals surface area contributed by atoms with Crippen LogP contribution in [0.1, 0.15) is 127 Å². The number of likely N-dealkylation sites (tertiary alicyclic amines) is 1. The van der Waals surface area contributed by atoms with E-state index in [1.165, 1.54) is 45.6 Å². The third-order valence-electron chi connectivity index (χ3n) is 16.8. The number of allylic oxidation sites excluding steroid dienone is 2. The van der Waals surface area contributed by atoms with E-state index < -0.39 is 88.3 Å². The Balaban J connectivity index is 1.19. The molecule has 15 atom stereocenters. The van der Waals surface area contributed by atoms with Crippen LogP contribution in [0.2, 0.25) is 0 Å². The highest BCUT2D eigenvalue weighted by Gasteiger charge is 2.92. The van der Waals surface area contributed by atoms with Crippen LogP contribution in [0.3, 0.4) is 0 Å². The molecule has 7 unspecified atom stereocenters. The van der Waals surface area contributed by atoms with Gasteiger partial charge < -0.3 is 43.7 Å². The first-order valence-electron chi connectivity index (χ1n) is 24.1. The van der Waals surface area contributed by atoms with Crippen LogP contribution in [0.15, 0.2) is 42.5 Å². The number of unbranched alkanes of at least 4 members (excludes halogenated alkanes) is 11. The van der Waals surface area contributed by atoms with Gasteiger partial charge in [0, 0.05) is 82.5 Å². The maximum absolute atomic E-state index is 14.6. The van der Waals surface area contributed by atoms with E-state index in [9.17, 15) is 24.9 Å². The second-order valence-corrected chi connectivity index (χ2v) is 19.6. The number of esters is 2. The van der Waals surface area contributed by atoms with Crippen molar-refractivity contribution in [1.29, 1.82) is 0 Å². The Morgan fingerprint density at radius 2 is 1.48 bits per heavy atom. The van der Waals surface area contributed by atoms with Crippen molar-refractivity contribution < 1.29 is 53.3 Å². The van der Waals surface area contributed by atoms with E-state index in [0.717, 1.165) is 38.5 Å². The number of fused-ring (bicyclic) bond motifs is 2. The van der Waals surface area contributed by atoms with Gasteiger partial charge in [0.15, 0.2) is 5.60 Å². The number of hydrogen-bond donors (Lipinski definition) is 3. The van der Waals surface area contributed by atoms with E-state index in [1.807, 2.05) is 6.07 Å². The van der Waals surface area contributed by atoms with Gasteiger partial charge in [-0.25, -0.2) is 4.79 Å². The molecule has 1 saturated heterocycles. The smallest absolute Gasteiger partial charge is 0.338 e. The minimum atomic E-state index is -1.85. The predicted molar refractivity (Wildman–Crippen MR) is 234 cm³/mol. The number of hydrogen-bond acceptors (Lipinski definition) is 12. The summed E-state index contributed by atoms with van der Waals surface area (Å²) in [5.74, 6) is -3.50. The highest BCUT2D eigenvalue weighted by Crippen LogP contribution is 2.80. The number of carbonyl (C=O) groups excluding carboxylic acids is 2. The van der Waals surface area contributed by atoms with Crippen molar-refractivity contribution in [3.63, 3.8) is 0 Å². The molecule has 12 nitrogen and oxygen atoms in total. The largest absolute Gasteiger partial charge is 0.455 e. The zero-order chi connectivity index (χ0) is 44.3. The standard InChI is InChI=1S/C50H77NO11/c1-7-9-10-11-12-13-14-15-16-17-18-19-20-21-25-28-37(53)62-50-38-34(30-48(56,45(60-6)43(50)54)44(38)61-46(55)33-26-23-22-24-27-33)49-36(58-4)29-35(52)47(32-57-3)31-51(8-2)42(49)39(50)40(59-5)41(47)49/h15-16,22-24,26-27,34-36,38-45,52,54,56H,7-14,17-21,25,28-32H2,1-6H3/b16-15-/t34?,35-,36+,38?,39+,40?,41?,42?,43+,44?,45+,47+,48?,49+,50-/m1/s1. The topological polar surface area (TPSA) is 153 Å². The van der Waals surface area contributed by atoms with Crippen LogP contribution in [0.25, 0.3) is 0 Å². The maximum atomic E-state index is 14.6. The molecular formula is C50H77NO11. The fourth-order valence-electron chi connectivity index (χ4n) is 14.7. The Hall–Kier alpha value is -2.42. The van der Waals surface area contributed by atoms with E-state index in [1.54, 1.807) is 45.6 Å². The second-order valence-electron chi connectivity index (χ2n) is 19.6. The number of rotatable bonds is 24. The fourth-order valence-corrected chi connectivity index (χ4v) is 14.7. The quantitative estimate of drug-likeness (QED) is 0.0579. The molecule has 0 aromatic heterocycles. The molecule has 7 bridgehead atoms. The summed E-state index contributed by atoms with van der Waals surface area (Å²) < 4.78 is 38.7. The molecule has 0 radical (unpaired) electrons. The van der Waals surface area contributed by atoms with Crippen molar-refractivity contribution in [1.82, 2.24) is 4.90 Å². The summed E-state index contributed by atoms with van der Waals surface area (Å²) in [5.41, 5.74) is -4.85. The minimum absolute atomic E-state index is 0.0836. The lowest BCUT2D eigenvalue weighted by Crippen LogP contribution is -2.81. The van der Waals surface area contributed by atoms with Crippen molar-refractivity contribution in [2.24, 2.45) is 34.5 Å². The van der Waals surface area contributed by atoms with Crippen LogP contribution in [-0.2, 0) is 33.2 Å². The summed E-state index contributed by atoms with van der Waals surface area (Å²) in [7, 11) is 6.41. The van der Waals surface area contributed by atoms with Crippen molar-refractivity contribution in [2.75, 3.05) is 48.1 Å². The number of aliphatic hydroxyl groups excluding tert-OH is 2. The summed E-state index contributed by atoms with van der Waals surface area (Å²) in [6, 6.07) is 8.31. The van der Waals surface area contributed by atoms with Gasteiger partial charge in [-0.3, -0.25) is 9.69 Å². The molecule has 0 amide bonds. The second kappa shape index (κ2) is 20.0. The Bertz CT molecular complexity index is 1680. The maximum Gasteiger partial charge on any atom is 0.338 e. The Labute approximate surface area is 370 Å². The van der Waals surface area contributed by atoms with Gasteiger partial charge in [0.25, 0.3) is 0 Å². The molecule has 5 saturated carbocycles. The number of benzene rings is 1. The number of nitrogens with zero attached hydrogens (tertiary/aromatic N) is 1. The molecule has 62 heavy (non-hydrogen) atoms. The normalized spacial score (nSPS) is 40.2. The van der Waals surface area contributed by atoms with Gasteiger partial charge in [-0.15, -0.1) is 0 Å². The van der Waals surface area contributed by atoms with Crippen molar-refractivity contribution >= 4 is 11.9 Å². The van der Waals surface area contributed by atoms with Gasteiger partial charge in [-0.2, -0.15) is 0 Å². The first-order chi connectivity index (χ1) is 30.0. The van der Waals surface area contributed by atoms with Gasteiger partial charge in [0.1, 0.15) is 23.9 Å². The zero-order valence-corrected chi connectivity index (χ0v) is 38.4. The molecule has 1 spiro atoms. The monoisotopic (exact) mass is 868 g/mol. The van der Waals surface area contributed by atoms with Crippen LogP contribution < -0.4 is 0 Å². The molecule has 12 heteroatoms. The lowest BCUT2D eigenvalue weighted by Gasteiger charge is -2.70. The first kappa shape index (κ1) is 47.5. The van der Waals surface area contributed by atoms with E-state index in [4.69, 9.17) is 28.4 Å². The molecule has 6 fully saturated rings. The Morgan fingerprint density at radius 3 is 2.10 bits per heavy atom. The van der Waals surface area contributed by atoms with Crippen LogP contribution in [0.4, 0.5) is 0 Å². The fraction of sp³-hybridized carbons (Fsp3) is 0.800. The summed E-state index contributed by atoms with van der Waals surface area (Å²) >= 11 is 0. The minimum Gasteiger partial charge on any atom is -0.455 e. The molecule has 1 aromatic rings. The molecule has 7 rings (SSSR count). The number of carbonyl (C=O) groups is 2. The molecule has 348 valence electrons. The molecular weight excluding hydrogens is 791 g/mol. The highest BCUT2D eigenvalue weighted by atomic mass is 16.6. The lowest BCUT2D eigenvalue weighted by molar-refractivity contribution is -0.323. The Kier molecular flexibility index (Phi) is 15.3. The Morgan fingerprint density at radius 1 is 0.823 bits per heavy atom. The third kappa shape index (κ3) is 7.62. The van der Waals surface area contributed by atoms with E-state index >= 15 is 0 Å². The van der Waals surface area contributed by atoms with Crippen molar-refractivity contribution in [2.45, 2.75) is 170 Å². The van der Waals surface area contributed by atoms with Crippen LogP contribution in [-0.4, -0.2) is 134 Å². The van der Waals surface area contributed by atoms with E-state index in [0.29, 0.717) is 31.5 Å². The zero-order valence-electron chi connectivity index (χ0n) is 38.4. The lowest BCUT2D eigenvalue weighted by atomic mass is 9.42. The number of methoxy groups -OCH3 is 4. The van der Waals surface area contributed by atoms with Gasteiger partial charge in [-0.05, 0) is 63.1 Å². The highest BCUT2D eigenvalue weighted by molar-refractivity contribution is 5.89. The van der Waals surface area contributed by atoms with Gasteiger partial charge in [-0.1, -0.05) is 95.6 Å². The number of piperidine rings is 1. The molecule has 3 N–H and O–H groups in total. The molecule has 5 aliphatic carbocycles. The summed E-state index contributed by atoms with van der Waals surface area (Å²) in [6.07, 6.45) is 14.0. The summed E-state index contributed by atoms with van der Waals surface area (Å²) in [4.78, 5) is 31.0. The van der Waals surface area contributed by atoms with E-state index in [-0.39, 0.29) is 31.4 Å². The molecule has 6 aliphatic rings. The summed E-state index contributed by atoms with van der Waals surface area (Å²) in [6.45, 7) is 5.67. The van der Waals surface area contributed by atoms with Crippen LogP contribution in [0, 0.1) is 34.5 Å². The van der Waals surface area contributed by atoms with Crippen LogP contribution in [0.5, 0.6) is 0 Å². The molecule has 1 aliphatic heterocycles. The average Bonchev–Trinajstić information content (AvgIpc) is 3.65. The molecule has 1 aromatic carbocycles. The van der Waals surface area contributed by atoms with Crippen LogP contribution >= 0.6 is 0 Å². The van der Waals surface area contributed by atoms with Crippen molar-refractivity contribution in [3.05, 3.63) is 48.0 Å². The van der Waals surface area contributed by atoms with Gasteiger partial charge in [0.2, 0.25) is 0 Å². The first-order valence-corrected chi connectivity index (χ1v) is 24.1. The predicted octanol–water partition coefficient (Wildman–Crippen LogP) is 6.67. The van der Waals surface area contributed by atoms with Gasteiger partial charge >= 0.3 is 11.9 Å². The summed E-state index contributed by atoms with van der Waals surface area (Å²) in [5, 5.41) is 38.4. The molecule has 1 heterocycles. The van der Waals surface area contributed by atoms with E-state index in [2.05, 4.69) is 30.9 Å². The third-order valence-corrected chi connectivity index (χ3v) is 16.8. The number of aliphatic hydroxyl groups is 3.